The second-order valence-corrected chi connectivity index (χ2v) is 6.59. The van der Waals surface area contributed by atoms with Crippen molar-refractivity contribution in [2.75, 3.05) is 0 Å². The van der Waals surface area contributed by atoms with Crippen LogP contribution in [0.1, 0.15) is 29.1 Å². The predicted molar refractivity (Wildman–Crippen MR) is 83.4 cm³/mol. The molecule has 0 aliphatic carbocycles. The number of benzene rings is 1. The lowest BCUT2D eigenvalue weighted by molar-refractivity contribution is 0.0686. The maximum atomic E-state index is 13.9. The molecule has 0 unspecified atom stereocenters. The maximum absolute atomic E-state index is 13.9. The van der Waals surface area contributed by atoms with Gasteiger partial charge in [-0.2, -0.15) is 0 Å². The monoisotopic (exact) mass is 355 g/mol. The quantitative estimate of drug-likeness (QED) is 0.778. The molecule has 0 saturated carbocycles. The zero-order chi connectivity index (χ0) is 14.7. The summed E-state index contributed by atoms with van der Waals surface area (Å²) < 4.78 is 14.4. The van der Waals surface area contributed by atoms with E-state index in [1.54, 1.807) is 28.4 Å². The van der Waals surface area contributed by atoms with Gasteiger partial charge in [-0.15, -0.1) is 11.3 Å². The van der Waals surface area contributed by atoms with Crippen LogP contribution >= 0.6 is 27.3 Å². The molecular weight excluding hydrogens is 341 g/mol. The molecular formula is C15H15BrFNOS. The van der Waals surface area contributed by atoms with Crippen molar-refractivity contribution < 1.29 is 9.18 Å². The number of thiophene rings is 1. The molecule has 1 aromatic carbocycles. The minimum absolute atomic E-state index is 0.00361. The topological polar surface area (TPSA) is 20.3 Å². The van der Waals surface area contributed by atoms with E-state index in [2.05, 4.69) is 15.9 Å². The van der Waals surface area contributed by atoms with E-state index in [-0.39, 0.29) is 17.5 Å². The van der Waals surface area contributed by atoms with E-state index in [0.29, 0.717) is 11.0 Å². The van der Waals surface area contributed by atoms with Crippen LogP contribution in [0.4, 0.5) is 4.39 Å². The van der Waals surface area contributed by atoms with Gasteiger partial charge >= 0.3 is 0 Å². The predicted octanol–water partition coefficient (Wildman–Crippen LogP) is 4.70. The molecule has 0 spiro atoms. The standard InChI is InChI=1S/C15H15BrFNOS/c1-10(2)18(9-11-5-4-8-20-11)15(19)14-12(16)6-3-7-13(14)17/h3-8,10H,9H2,1-2H3. The molecule has 0 bridgehead atoms. The molecule has 0 saturated heterocycles. The SMILES string of the molecule is CC(C)N(Cc1cccs1)C(=O)c1c(F)cccc1Br. The molecule has 0 atom stereocenters. The second-order valence-electron chi connectivity index (χ2n) is 4.70. The molecule has 2 aromatic rings. The highest BCUT2D eigenvalue weighted by Gasteiger charge is 2.24. The molecule has 0 N–H and O–H groups in total. The van der Waals surface area contributed by atoms with Crippen molar-refractivity contribution in [1.29, 1.82) is 0 Å². The van der Waals surface area contributed by atoms with Crippen LogP contribution in [-0.4, -0.2) is 16.8 Å². The summed E-state index contributed by atoms with van der Waals surface area (Å²) >= 11 is 4.85. The summed E-state index contributed by atoms with van der Waals surface area (Å²) in [5.41, 5.74) is 0.0951. The van der Waals surface area contributed by atoms with Crippen molar-refractivity contribution >= 4 is 33.2 Å². The van der Waals surface area contributed by atoms with Gasteiger partial charge in [-0.05, 0) is 53.4 Å². The fraction of sp³-hybridized carbons (Fsp3) is 0.267. The lowest BCUT2D eigenvalue weighted by Crippen LogP contribution is -2.36. The van der Waals surface area contributed by atoms with Crippen LogP contribution in [0.25, 0.3) is 0 Å². The Kier molecular flexibility index (Phi) is 4.94. The molecule has 5 heteroatoms. The second kappa shape index (κ2) is 6.50. The summed E-state index contributed by atoms with van der Waals surface area (Å²) in [6, 6.07) is 8.48. The van der Waals surface area contributed by atoms with Gasteiger partial charge in [-0.3, -0.25) is 4.79 Å². The number of carbonyl (C=O) groups is 1. The Morgan fingerprint density at radius 1 is 1.35 bits per heavy atom. The van der Waals surface area contributed by atoms with Crippen molar-refractivity contribution in [1.82, 2.24) is 4.90 Å². The molecule has 106 valence electrons. The summed E-state index contributed by atoms with van der Waals surface area (Å²) in [6.07, 6.45) is 0. The number of amides is 1. The van der Waals surface area contributed by atoms with Crippen LogP contribution in [0, 0.1) is 5.82 Å². The van der Waals surface area contributed by atoms with Gasteiger partial charge in [-0.25, -0.2) is 4.39 Å². The summed E-state index contributed by atoms with van der Waals surface area (Å²) in [7, 11) is 0. The molecule has 0 aliphatic rings. The van der Waals surface area contributed by atoms with Crippen LogP contribution < -0.4 is 0 Å². The largest absolute Gasteiger partial charge is 0.331 e. The summed E-state index contributed by atoms with van der Waals surface area (Å²) in [5, 5.41) is 1.97. The average Bonchev–Trinajstić information content (AvgIpc) is 2.88. The number of hydrogen-bond donors (Lipinski definition) is 0. The highest BCUT2D eigenvalue weighted by Crippen LogP contribution is 2.24. The van der Waals surface area contributed by atoms with E-state index in [1.165, 1.54) is 6.07 Å². The van der Waals surface area contributed by atoms with Gasteiger partial charge in [-0.1, -0.05) is 12.1 Å². The van der Waals surface area contributed by atoms with E-state index in [4.69, 9.17) is 0 Å². The minimum Gasteiger partial charge on any atom is -0.331 e. The Labute approximate surface area is 130 Å². The van der Waals surface area contributed by atoms with Gasteiger partial charge in [0, 0.05) is 15.4 Å². The van der Waals surface area contributed by atoms with Gasteiger partial charge in [0.15, 0.2) is 0 Å². The van der Waals surface area contributed by atoms with Crippen molar-refractivity contribution in [3.8, 4) is 0 Å². The van der Waals surface area contributed by atoms with Crippen molar-refractivity contribution in [3.63, 3.8) is 0 Å². The molecule has 0 fully saturated rings. The van der Waals surface area contributed by atoms with Gasteiger partial charge in [0.05, 0.1) is 12.1 Å². The zero-order valence-corrected chi connectivity index (χ0v) is 13.7. The van der Waals surface area contributed by atoms with Crippen molar-refractivity contribution in [3.05, 3.63) is 56.4 Å². The zero-order valence-electron chi connectivity index (χ0n) is 11.3. The summed E-state index contributed by atoms with van der Waals surface area (Å²) in [4.78, 5) is 15.4. The molecule has 2 rings (SSSR count). The number of carbonyl (C=O) groups excluding carboxylic acids is 1. The van der Waals surface area contributed by atoms with Gasteiger partial charge < -0.3 is 4.90 Å². The number of halogens is 2. The average molecular weight is 356 g/mol. The lowest BCUT2D eigenvalue weighted by atomic mass is 10.1. The summed E-state index contributed by atoms with van der Waals surface area (Å²) in [5.74, 6) is -0.792. The van der Waals surface area contributed by atoms with Gasteiger partial charge in [0.1, 0.15) is 5.82 Å². The number of rotatable bonds is 4. The highest BCUT2D eigenvalue weighted by atomic mass is 79.9. The number of nitrogens with zero attached hydrogens (tertiary/aromatic N) is 1. The Morgan fingerprint density at radius 2 is 2.10 bits per heavy atom. The van der Waals surface area contributed by atoms with Crippen LogP contribution in [0.3, 0.4) is 0 Å². The molecule has 20 heavy (non-hydrogen) atoms. The van der Waals surface area contributed by atoms with Crippen LogP contribution in [0.2, 0.25) is 0 Å². The first kappa shape index (κ1) is 15.2. The first-order chi connectivity index (χ1) is 9.50. The van der Waals surface area contributed by atoms with E-state index < -0.39 is 5.82 Å². The van der Waals surface area contributed by atoms with Crippen molar-refractivity contribution in [2.24, 2.45) is 0 Å². The Bertz CT molecular complexity index is 578. The smallest absolute Gasteiger partial charge is 0.258 e. The summed E-state index contributed by atoms with van der Waals surface area (Å²) in [6.45, 7) is 4.36. The molecule has 1 amide bonds. The molecule has 2 nitrogen and oxygen atoms in total. The molecule has 0 aliphatic heterocycles. The first-order valence-electron chi connectivity index (χ1n) is 6.28. The Morgan fingerprint density at radius 3 is 2.65 bits per heavy atom. The third-order valence-electron chi connectivity index (χ3n) is 2.97. The number of hydrogen-bond acceptors (Lipinski definition) is 2. The highest BCUT2D eigenvalue weighted by molar-refractivity contribution is 9.10. The van der Waals surface area contributed by atoms with E-state index in [9.17, 15) is 9.18 Å². The first-order valence-corrected chi connectivity index (χ1v) is 7.95. The molecule has 1 aromatic heterocycles. The van der Waals surface area contributed by atoms with Crippen LogP contribution in [0.15, 0.2) is 40.2 Å². The Balaban J connectivity index is 2.32. The van der Waals surface area contributed by atoms with E-state index in [1.807, 2.05) is 31.4 Å². The normalized spacial score (nSPS) is 10.8. The lowest BCUT2D eigenvalue weighted by Gasteiger charge is -2.27. The van der Waals surface area contributed by atoms with Crippen LogP contribution in [0.5, 0.6) is 0 Å². The fourth-order valence-corrected chi connectivity index (χ4v) is 3.12. The van der Waals surface area contributed by atoms with E-state index >= 15 is 0 Å². The Hall–Kier alpha value is -1.20. The van der Waals surface area contributed by atoms with Gasteiger partial charge in [0.25, 0.3) is 5.91 Å². The third kappa shape index (κ3) is 3.27. The molecule has 1 heterocycles. The van der Waals surface area contributed by atoms with Crippen molar-refractivity contribution in [2.45, 2.75) is 26.4 Å². The van der Waals surface area contributed by atoms with Gasteiger partial charge in [0.2, 0.25) is 0 Å². The minimum atomic E-state index is -0.499. The van der Waals surface area contributed by atoms with Crippen LogP contribution in [-0.2, 0) is 6.54 Å². The molecule has 0 radical (unpaired) electrons. The van der Waals surface area contributed by atoms with E-state index in [0.717, 1.165) is 4.88 Å². The maximum Gasteiger partial charge on any atom is 0.258 e. The fourth-order valence-electron chi connectivity index (χ4n) is 1.91. The third-order valence-corrected chi connectivity index (χ3v) is 4.49.